The summed E-state index contributed by atoms with van der Waals surface area (Å²) in [5, 5.41) is 6.52. The van der Waals surface area contributed by atoms with Crippen molar-refractivity contribution >= 4 is 11.6 Å². The van der Waals surface area contributed by atoms with Crippen LogP contribution in [-0.4, -0.2) is 31.8 Å². The van der Waals surface area contributed by atoms with E-state index in [9.17, 15) is 18.0 Å². The molecule has 7 nitrogen and oxygen atoms in total. The number of anilines is 1. The van der Waals surface area contributed by atoms with Crippen molar-refractivity contribution < 1.29 is 22.7 Å². The van der Waals surface area contributed by atoms with E-state index in [0.717, 1.165) is 11.4 Å². The Morgan fingerprint density at radius 3 is 2.46 bits per heavy atom. The highest BCUT2D eigenvalue weighted by Crippen LogP contribution is 2.24. The molecule has 2 aromatic heterocycles. The number of hydrogen-bond acceptors (Lipinski definition) is 5. The first kappa shape index (κ1) is 19.3. The first-order valence-electron chi connectivity index (χ1n) is 8.20. The van der Waals surface area contributed by atoms with Crippen molar-refractivity contribution in [1.82, 2.24) is 19.7 Å². The molecule has 1 aromatic carbocycles. The molecular weight excluding hydrogens is 375 g/mol. The standard InChI is InChI=1S/C18H16F3N5O2/c1-11-7-12(2)26(25-11)15-8-17(23-10-22-15)28-14-5-3-13(4-6-14)24-16(27)9-18(19,20)21/h3-8,10H,9H2,1-2H3,(H,24,27). The molecule has 0 spiro atoms. The summed E-state index contributed by atoms with van der Waals surface area (Å²) in [5.41, 5.74) is 1.98. The summed E-state index contributed by atoms with van der Waals surface area (Å²) in [5.74, 6) is 0.0661. The highest BCUT2D eigenvalue weighted by atomic mass is 19.4. The summed E-state index contributed by atoms with van der Waals surface area (Å²) >= 11 is 0. The van der Waals surface area contributed by atoms with Gasteiger partial charge >= 0.3 is 6.18 Å². The van der Waals surface area contributed by atoms with Gasteiger partial charge < -0.3 is 10.1 Å². The second kappa shape index (κ2) is 7.67. The Hall–Kier alpha value is -3.43. The first-order chi connectivity index (χ1) is 13.2. The van der Waals surface area contributed by atoms with Crippen molar-refractivity contribution in [2.45, 2.75) is 26.4 Å². The number of carbonyl (C=O) groups is 1. The number of rotatable bonds is 5. The number of aromatic nitrogens is 4. The van der Waals surface area contributed by atoms with Crippen LogP contribution in [0.3, 0.4) is 0 Å². The number of carbonyl (C=O) groups excluding carboxylic acids is 1. The predicted molar refractivity (Wildman–Crippen MR) is 94.4 cm³/mol. The fourth-order valence-electron chi connectivity index (χ4n) is 2.48. The van der Waals surface area contributed by atoms with Gasteiger partial charge in [-0.3, -0.25) is 4.79 Å². The number of hydrogen-bond donors (Lipinski definition) is 1. The van der Waals surface area contributed by atoms with E-state index in [0.29, 0.717) is 11.6 Å². The molecule has 0 atom stereocenters. The van der Waals surface area contributed by atoms with Crippen LogP contribution in [-0.2, 0) is 4.79 Å². The van der Waals surface area contributed by atoms with E-state index in [1.165, 1.54) is 30.6 Å². The zero-order valence-corrected chi connectivity index (χ0v) is 15.0. The third-order valence-corrected chi connectivity index (χ3v) is 3.58. The largest absolute Gasteiger partial charge is 0.439 e. The summed E-state index contributed by atoms with van der Waals surface area (Å²) in [4.78, 5) is 19.5. The van der Waals surface area contributed by atoms with Gasteiger partial charge in [-0.2, -0.15) is 18.3 Å². The van der Waals surface area contributed by atoms with Crippen molar-refractivity contribution in [3.63, 3.8) is 0 Å². The van der Waals surface area contributed by atoms with Crippen molar-refractivity contribution in [1.29, 1.82) is 0 Å². The van der Waals surface area contributed by atoms with Crippen LogP contribution in [0, 0.1) is 13.8 Å². The summed E-state index contributed by atoms with van der Waals surface area (Å²) in [6.07, 6.45) is -4.75. The van der Waals surface area contributed by atoms with Crippen LogP contribution in [0.1, 0.15) is 17.8 Å². The number of aryl methyl sites for hydroxylation is 2. The molecule has 0 radical (unpaired) electrons. The van der Waals surface area contributed by atoms with Crippen LogP contribution in [0.4, 0.5) is 18.9 Å². The first-order valence-corrected chi connectivity index (χ1v) is 8.20. The number of benzene rings is 1. The lowest BCUT2D eigenvalue weighted by Crippen LogP contribution is -2.21. The van der Waals surface area contributed by atoms with Crippen molar-refractivity contribution in [3.05, 3.63) is 54.1 Å². The third kappa shape index (κ3) is 5.06. The number of amides is 1. The van der Waals surface area contributed by atoms with Crippen LogP contribution >= 0.6 is 0 Å². The Balaban J connectivity index is 1.68. The highest BCUT2D eigenvalue weighted by molar-refractivity contribution is 5.91. The van der Waals surface area contributed by atoms with E-state index in [1.54, 1.807) is 10.7 Å². The third-order valence-electron chi connectivity index (χ3n) is 3.58. The Morgan fingerprint density at radius 2 is 1.86 bits per heavy atom. The van der Waals surface area contributed by atoms with Crippen molar-refractivity contribution in [2.24, 2.45) is 0 Å². The van der Waals surface area contributed by atoms with Crippen LogP contribution in [0.15, 0.2) is 42.7 Å². The maximum atomic E-state index is 12.2. The maximum absolute atomic E-state index is 12.2. The number of ether oxygens (including phenoxy) is 1. The van der Waals surface area contributed by atoms with Gasteiger partial charge in [0.1, 0.15) is 18.5 Å². The molecule has 10 heteroatoms. The van der Waals surface area contributed by atoms with E-state index < -0.39 is 18.5 Å². The van der Waals surface area contributed by atoms with Gasteiger partial charge in [0.25, 0.3) is 0 Å². The maximum Gasteiger partial charge on any atom is 0.397 e. The van der Waals surface area contributed by atoms with Crippen LogP contribution in [0.5, 0.6) is 11.6 Å². The van der Waals surface area contributed by atoms with Gasteiger partial charge in [-0.25, -0.2) is 14.6 Å². The second-order valence-electron chi connectivity index (χ2n) is 6.02. The molecule has 1 amide bonds. The van der Waals surface area contributed by atoms with Gasteiger partial charge in [-0.05, 0) is 44.2 Å². The molecule has 0 saturated heterocycles. The summed E-state index contributed by atoms with van der Waals surface area (Å²) in [6, 6.07) is 9.41. The molecular formula is C18H16F3N5O2. The Labute approximate surface area is 158 Å². The number of nitrogens with zero attached hydrogens (tertiary/aromatic N) is 4. The average molecular weight is 391 g/mol. The highest BCUT2D eigenvalue weighted by Gasteiger charge is 2.31. The molecule has 0 aliphatic carbocycles. The second-order valence-corrected chi connectivity index (χ2v) is 6.02. The van der Waals surface area contributed by atoms with Gasteiger partial charge in [-0.15, -0.1) is 0 Å². The molecule has 0 bridgehead atoms. The molecule has 0 aliphatic rings. The van der Waals surface area contributed by atoms with E-state index in [1.807, 2.05) is 19.9 Å². The molecule has 0 aliphatic heterocycles. The SMILES string of the molecule is Cc1cc(C)n(-c2cc(Oc3ccc(NC(=O)CC(F)(F)F)cc3)ncn2)n1. The molecule has 1 N–H and O–H groups in total. The van der Waals surface area contributed by atoms with Crippen LogP contribution in [0.25, 0.3) is 5.82 Å². The summed E-state index contributed by atoms with van der Waals surface area (Å²) < 4.78 is 43.9. The molecule has 3 aromatic rings. The van der Waals surface area contributed by atoms with E-state index in [4.69, 9.17) is 4.74 Å². The minimum absolute atomic E-state index is 0.229. The Kier molecular flexibility index (Phi) is 5.30. The molecule has 2 heterocycles. The van der Waals surface area contributed by atoms with Crippen LogP contribution < -0.4 is 10.1 Å². The Morgan fingerprint density at radius 1 is 1.14 bits per heavy atom. The summed E-state index contributed by atoms with van der Waals surface area (Å²) in [6.45, 7) is 3.77. The molecule has 0 saturated carbocycles. The van der Waals surface area contributed by atoms with E-state index in [2.05, 4.69) is 20.4 Å². The van der Waals surface area contributed by atoms with E-state index >= 15 is 0 Å². The number of alkyl halides is 3. The van der Waals surface area contributed by atoms with Gasteiger partial charge in [0, 0.05) is 17.4 Å². The molecule has 3 rings (SSSR count). The normalized spacial score (nSPS) is 11.3. The lowest BCUT2D eigenvalue weighted by atomic mass is 10.3. The molecule has 0 unspecified atom stereocenters. The summed E-state index contributed by atoms with van der Waals surface area (Å²) in [7, 11) is 0. The average Bonchev–Trinajstić information content (AvgIpc) is 2.93. The fraction of sp³-hybridized carbons (Fsp3) is 0.222. The predicted octanol–water partition coefficient (Wildman–Crippen LogP) is 3.96. The van der Waals surface area contributed by atoms with Crippen molar-refractivity contribution in [2.75, 3.05) is 5.32 Å². The van der Waals surface area contributed by atoms with Gasteiger partial charge in [-0.1, -0.05) is 0 Å². The molecule has 0 fully saturated rings. The van der Waals surface area contributed by atoms with Crippen molar-refractivity contribution in [3.8, 4) is 17.4 Å². The fourth-order valence-corrected chi connectivity index (χ4v) is 2.48. The topological polar surface area (TPSA) is 81.9 Å². The van der Waals surface area contributed by atoms with Crippen LogP contribution in [0.2, 0.25) is 0 Å². The molecule has 28 heavy (non-hydrogen) atoms. The number of halogens is 3. The smallest absolute Gasteiger partial charge is 0.397 e. The number of nitrogens with one attached hydrogen (secondary N) is 1. The van der Waals surface area contributed by atoms with E-state index in [-0.39, 0.29) is 11.6 Å². The zero-order chi connectivity index (χ0) is 20.3. The lowest BCUT2D eigenvalue weighted by Gasteiger charge is -2.09. The zero-order valence-electron chi connectivity index (χ0n) is 15.0. The molecule has 146 valence electrons. The van der Waals surface area contributed by atoms with Gasteiger partial charge in [0.05, 0.1) is 5.69 Å². The minimum atomic E-state index is -4.55. The van der Waals surface area contributed by atoms with Gasteiger partial charge in [0.2, 0.25) is 11.8 Å². The Bertz CT molecular complexity index is 984. The monoisotopic (exact) mass is 391 g/mol. The van der Waals surface area contributed by atoms with Gasteiger partial charge in [0.15, 0.2) is 5.82 Å². The quantitative estimate of drug-likeness (QED) is 0.712. The lowest BCUT2D eigenvalue weighted by molar-refractivity contribution is -0.150. The minimum Gasteiger partial charge on any atom is -0.439 e.